The average molecular weight is 291 g/mol. The molecule has 0 radical (unpaired) electrons. The number of aliphatic hydroxyl groups is 1. The minimum absolute atomic E-state index is 0.185. The van der Waals surface area contributed by atoms with Crippen LogP contribution in [-0.2, 0) is 0 Å². The lowest BCUT2D eigenvalue weighted by molar-refractivity contribution is 0.0569. The molecule has 4 nitrogen and oxygen atoms in total. The third-order valence-electron chi connectivity index (χ3n) is 3.65. The summed E-state index contributed by atoms with van der Waals surface area (Å²) < 4.78 is 0. The number of likely N-dealkylation sites (tertiary alicyclic amines) is 1. The van der Waals surface area contributed by atoms with Crippen LogP contribution in [-0.4, -0.2) is 39.6 Å². The third kappa shape index (κ3) is 2.37. The molecule has 0 aliphatic carbocycles. The summed E-state index contributed by atoms with van der Waals surface area (Å²) in [6.45, 7) is 2.61. The first-order chi connectivity index (χ1) is 9.46. The van der Waals surface area contributed by atoms with Crippen molar-refractivity contribution in [3.63, 3.8) is 0 Å². The van der Waals surface area contributed by atoms with Gasteiger partial charge in [0, 0.05) is 18.5 Å². The summed E-state index contributed by atoms with van der Waals surface area (Å²) in [5.74, 6) is -0.185. The number of fused-ring (bicyclic) bond motifs is 1. The van der Waals surface area contributed by atoms with Gasteiger partial charge in [-0.2, -0.15) is 0 Å². The van der Waals surface area contributed by atoms with Crippen molar-refractivity contribution in [3.05, 3.63) is 41.2 Å². The molecule has 1 atom stereocenters. The van der Waals surface area contributed by atoms with Gasteiger partial charge in [0.05, 0.1) is 5.60 Å². The van der Waals surface area contributed by atoms with E-state index in [1.165, 1.54) is 0 Å². The average Bonchev–Trinajstić information content (AvgIpc) is 2.78. The Balaban J connectivity index is 1.96. The van der Waals surface area contributed by atoms with Gasteiger partial charge >= 0.3 is 0 Å². The van der Waals surface area contributed by atoms with E-state index >= 15 is 0 Å². The summed E-state index contributed by atoms with van der Waals surface area (Å²) in [6.07, 6.45) is 0.583. The highest BCUT2D eigenvalue weighted by Crippen LogP contribution is 2.25. The van der Waals surface area contributed by atoms with Gasteiger partial charge in [-0.1, -0.05) is 35.9 Å². The minimum Gasteiger partial charge on any atom is -0.388 e. The van der Waals surface area contributed by atoms with Crippen molar-refractivity contribution in [1.82, 2.24) is 9.88 Å². The van der Waals surface area contributed by atoms with Crippen LogP contribution in [0.5, 0.6) is 0 Å². The van der Waals surface area contributed by atoms with Crippen molar-refractivity contribution >= 4 is 28.3 Å². The Morgan fingerprint density at radius 3 is 2.90 bits per heavy atom. The van der Waals surface area contributed by atoms with Crippen molar-refractivity contribution in [2.24, 2.45) is 0 Å². The van der Waals surface area contributed by atoms with E-state index in [9.17, 15) is 9.90 Å². The van der Waals surface area contributed by atoms with Gasteiger partial charge in [0.1, 0.15) is 10.8 Å². The Hall–Kier alpha value is -1.65. The number of amides is 1. The molecule has 3 rings (SSSR count). The second kappa shape index (κ2) is 4.72. The van der Waals surface area contributed by atoms with Crippen LogP contribution in [0.15, 0.2) is 30.3 Å². The van der Waals surface area contributed by atoms with Crippen molar-refractivity contribution in [1.29, 1.82) is 0 Å². The van der Waals surface area contributed by atoms with E-state index in [1.807, 2.05) is 24.3 Å². The summed E-state index contributed by atoms with van der Waals surface area (Å²) in [6, 6.07) is 9.30. The number of rotatable bonds is 1. The van der Waals surface area contributed by atoms with Crippen LogP contribution >= 0.6 is 11.6 Å². The zero-order chi connectivity index (χ0) is 14.3. The molecule has 1 aliphatic heterocycles. The van der Waals surface area contributed by atoms with Gasteiger partial charge in [0.15, 0.2) is 0 Å². The largest absolute Gasteiger partial charge is 0.388 e. The fourth-order valence-electron chi connectivity index (χ4n) is 2.55. The summed E-state index contributed by atoms with van der Waals surface area (Å²) in [5.41, 5.74) is -0.484. The molecule has 1 saturated heterocycles. The Morgan fingerprint density at radius 1 is 1.45 bits per heavy atom. The molecule has 1 fully saturated rings. The lowest BCUT2D eigenvalue weighted by Crippen LogP contribution is -2.34. The molecule has 1 unspecified atom stereocenters. The van der Waals surface area contributed by atoms with E-state index in [4.69, 9.17) is 11.6 Å². The molecule has 20 heavy (non-hydrogen) atoms. The van der Waals surface area contributed by atoms with Crippen LogP contribution in [0.25, 0.3) is 10.8 Å². The number of nitrogens with zero attached hydrogens (tertiary/aromatic N) is 2. The van der Waals surface area contributed by atoms with Crippen LogP contribution in [0.3, 0.4) is 0 Å². The molecule has 2 aromatic rings. The van der Waals surface area contributed by atoms with Gasteiger partial charge in [-0.15, -0.1) is 0 Å². The van der Waals surface area contributed by atoms with Crippen LogP contribution < -0.4 is 0 Å². The quantitative estimate of drug-likeness (QED) is 0.821. The molecular weight excluding hydrogens is 276 g/mol. The van der Waals surface area contributed by atoms with E-state index in [0.29, 0.717) is 30.4 Å². The maximum absolute atomic E-state index is 12.4. The summed E-state index contributed by atoms with van der Waals surface area (Å²) >= 11 is 6.14. The third-order valence-corrected chi connectivity index (χ3v) is 3.94. The number of hydrogen-bond acceptors (Lipinski definition) is 3. The van der Waals surface area contributed by atoms with Crippen molar-refractivity contribution in [3.8, 4) is 0 Å². The molecule has 104 valence electrons. The molecule has 1 N–H and O–H groups in total. The van der Waals surface area contributed by atoms with Crippen LogP contribution in [0.1, 0.15) is 23.8 Å². The number of pyridine rings is 1. The molecule has 1 amide bonds. The number of carbonyl (C=O) groups excluding carboxylic acids is 1. The van der Waals surface area contributed by atoms with Gasteiger partial charge in [-0.05, 0) is 24.8 Å². The van der Waals surface area contributed by atoms with Crippen LogP contribution in [0, 0.1) is 0 Å². The molecule has 0 spiro atoms. The molecule has 1 aromatic carbocycles. The number of β-amino-alcohol motifs (C(OH)–C–C–N with tert-alkyl or cyclic N) is 1. The highest BCUT2D eigenvalue weighted by molar-refractivity contribution is 6.34. The zero-order valence-corrected chi connectivity index (χ0v) is 11.9. The van der Waals surface area contributed by atoms with E-state index < -0.39 is 5.60 Å². The molecule has 0 saturated carbocycles. The van der Waals surface area contributed by atoms with Gasteiger partial charge in [-0.3, -0.25) is 4.79 Å². The van der Waals surface area contributed by atoms with Crippen molar-refractivity contribution in [2.75, 3.05) is 13.1 Å². The molecule has 5 heteroatoms. The van der Waals surface area contributed by atoms with E-state index in [1.54, 1.807) is 17.9 Å². The smallest absolute Gasteiger partial charge is 0.272 e. The monoisotopic (exact) mass is 290 g/mol. The van der Waals surface area contributed by atoms with Crippen LogP contribution in [0.4, 0.5) is 0 Å². The Morgan fingerprint density at radius 2 is 2.20 bits per heavy atom. The van der Waals surface area contributed by atoms with Gasteiger partial charge in [-0.25, -0.2) is 4.98 Å². The summed E-state index contributed by atoms with van der Waals surface area (Å²) in [7, 11) is 0. The normalized spacial score (nSPS) is 22.4. The summed E-state index contributed by atoms with van der Waals surface area (Å²) in [4.78, 5) is 18.2. The predicted molar refractivity (Wildman–Crippen MR) is 77.9 cm³/mol. The lowest BCUT2D eigenvalue weighted by Gasteiger charge is -2.18. The second-order valence-corrected chi connectivity index (χ2v) is 5.85. The lowest BCUT2D eigenvalue weighted by atomic mass is 10.1. The number of carbonyl (C=O) groups is 1. The second-order valence-electron chi connectivity index (χ2n) is 5.49. The number of benzene rings is 1. The zero-order valence-electron chi connectivity index (χ0n) is 11.1. The molecule has 2 heterocycles. The first-order valence-electron chi connectivity index (χ1n) is 6.53. The van der Waals surface area contributed by atoms with Crippen LogP contribution in [0.2, 0.25) is 5.15 Å². The Kier molecular flexibility index (Phi) is 3.15. The molecule has 1 aliphatic rings. The number of aromatic nitrogens is 1. The maximum atomic E-state index is 12.4. The minimum atomic E-state index is -0.809. The summed E-state index contributed by atoms with van der Waals surface area (Å²) in [5, 5.41) is 12.0. The fraction of sp³-hybridized carbons (Fsp3) is 0.333. The van der Waals surface area contributed by atoms with Gasteiger partial charge < -0.3 is 10.0 Å². The van der Waals surface area contributed by atoms with E-state index in [2.05, 4.69) is 4.98 Å². The van der Waals surface area contributed by atoms with E-state index in [0.717, 1.165) is 10.8 Å². The highest BCUT2D eigenvalue weighted by atomic mass is 35.5. The Labute approximate surface area is 122 Å². The molecule has 1 aromatic heterocycles. The first-order valence-corrected chi connectivity index (χ1v) is 6.91. The SMILES string of the molecule is CC1(O)CCN(C(=O)c2cc3ccccc3c(Cl)n2)C1. The number of halogens is 1. The van der Waals surface area contributed by atoms with E-state index in [-0.39, 0.29) is 5.91 Å². The standard InChI is InChI=1S/C15H15ClN2O2/c1-15(20)6-7-18(9-15)14(19)12-8-10-4-2-3-5-11(10)13(16)17-12/h2-5,8,20H,6-7,9H2,1H3. The highest BCUT2D eigenvalue weighted by Gasteiger charge is 2.34. The van der Waals surface area contributed by atoms with Crippen molar-refractivity contribution in [2.45, 2.75) is 18.9 Å². The molecule has 0 bridgehead atoms. The Bertz CT molecular complexity index is 685. The first kappa shape index (κ1) is 13.3. The number of hydrogen-bond donors (Lipinski definition) is 1. The van der Waals surface area contributed by atoms with Gasteiger partial charge in [0.2, 0.25) is 0 Å². The topological polar surface area (TPSA) is 53.4 Å². The maximum Gasteiger partial charge on any atom is 0.272 e. The fourth-order valence-corrected chi connectivity index (χ4v) is 2.81. The van der Waals surface area contributed by atoms with Crippen molar-refractivity contribution < 1.29 is 9.90 Å². The van der Waals surface area contributed by atoms with Gasteiger partial charge in [0.25, 0.3) is 5.91 Å². The predicted octanol–water partition coefficient (Wildman–Crippen LogP) is 2.49. The molecular formula is C15H15ClN2O2.